The minimum Gasteiger partial charge on any atom is -0.404 e. The summed E-state index contributed by atoms with van der Waals surface area (Å²) < 4.78 is 219. The first-order valence-corrected chi connectivity index (χ1v) is 30.7. The van der Waals surface area contributed by atoms with Crippen LogP contribution in [0.1, 0.15) is 109 Å². The SMILES string of the molecule is CC(C)(Cc1ccccc1OP(=O)(O)O)C(=O)C(c1nn(CC(F)(F)F)c2c(-c3ccc(CCC(C)(C)S(C)(=O)=O)nc3[C@H](Cc3cc(F)cc(F)c3)NC(=O)Cn3nc(C(F)(F)F)c4c3C(F)(F)[C@@H]3CC[C@H]43)ccc(Cl)c12)S(C)(=O)=O. The average Bonchev–Trinajstić information content (AvgIpc) is 2.53. The van der Waals surface area contributed by atoms with Crippen molar-refractivity contribution >= 4 is 61.7 Å². The number of carbonyl (C=O) groups is 2. The first-order chi connectivity index (χ1) is 37.6. The van der Waals surface area contributed by atoms with E-state index in [0.29, 0.717) is 17.0 Å². The number of alkyl halides is 8. The average molecular weight is 1240 g/mol. The van der Waals surface area contributed by atoms with Gasteiger partial charge in [0.05, 0.1) is 32.7 Å². The zero-order chi connectivity index (χ0) is 60.8. The summed E-state index contributed by atoms with van der Waals surface area (Å²) in [5, 5.41) is 6.62. The number of aryl methyl sites for hydroxylation is 1. The minimum absolute atomic E-state index is 0.000359. The number of rotatable bonds is 20. The van der Waals surface area contributed by atoms with Crippen molar-refractivity contribution in [1.29, 1.82) is 0 Å². The van der Waals surface area contributed by atoms with Crippen LogP contribution in [0.25, 0.3) is 22.0 Å². The Morgan fingerprint density at radius 2 is 1.51 bits per heavy atom. The number of hydrogen-bond donors (Lipinski definition) is 3. The number of para-hydroxylation sites is 1. The highest BCUT2D eigenvalue weighted by Crippen LogP contribution is 2.64. The normalized spacial score (nSPS) is 17.5. The summed E-state index contributed by atoms with van der Waals surface area (Å²) in [5.41, 5.74) is -8.06. The second-order valence-corrected chi connectivity index (χ2v) is 28.2. The van der Waals surface area contributed by atoms with Crippen LogP contribution in [-0.2, 0) is 78.3 Å². The van der Waals surface area contributed by atoms with Crippen LogP contribution >= 0.6 is 19.4 Å². The number of fused-ring (bicyclic) bond motifs is 4. The lowest BCUT2D eigenvalue weighted by atomic mass is 9.73. The van der Waals surface area contributed by atoms with E-state index >= 15 is 8.78 Å². The molecule has 444 valence electrons. The lowest BCUT2D eigenvalue weighted by Gasteiger charge is -2.34. The highest BCUT2D eigenvalue weighted by Gasteiger charge is 2.64. The fourth-order valence-corrected chi connectivity index (χ4v) is 13.0. The molecule has 3 N–H and O–H groups in total. The fourth-order valence-electron chi connectivity index (χ4n) is 10.6. The number of nitrogens with zero attached hydrogens (tertiary/aromatic N) is 5. The first-order valence-electron chi connectivity index (χ1n) is 24.9. The summed E-state index contributed by atoms with van der Waals surface area (Å²) in [7, 11) is -13.8. The predicted octanol–water partition coefficient (Wildman–Crippen LogP) is 10.7. The van der Waals surface area contributed by atoms with Gasteiger partial charge in [-0.1, -0.05) is 55.8 Å². The van der Waals surface area contributed by atoms with Gasteiger partial charge in [0.1, 0.15) is 36.2 Å². The third-order valence-corrected chi connectivity index (χ3v) is 19.1. The minimum atomic E-state index is -5.24. The Bertz CT molecular complexity index is 3810. The Morgan fingerprint density at radius 3 is 2.09 bits per heavy atom. The second-order valence-electron chi connectivity index (χ2n) is 21.8. The molecule has 4 atom stereocenters. The van der Waals surface area contributed by atoms with Crippen molar-refractivity contribution in [2.24, 2.45) is 11.3 Å². The maximum atomic E-state index is 16.0. The molecule has 1 saturated carbocycles. The maximum absolute atomic E-state index is 16.0. The topological polar surface area (TPSA) is 230 Å². The number of sulfone groups is 2. The highest BCUT2D eigenvalue weighted by atomic mass is 35.5. The van der Waals surface area contributed by atoms with E-state index in [9.17, 15) is 75.9 Å². The van der Waals surface area contributed by atoms with Crippen molar-refractivity contribution in [1.82, 2.24) is 29.9 Å². The van der Waals surface area contributed by atoms with Crippen LogP contribution in [0.4, 0.5) is 43.9 Å². The molecule has 3 aromatic heterocycles. The Balaban J connectivity index is 1.34. The van der Waals surface area contributed by atoms with Crippen molar-refractivity contribution in [3.05, 3.63) is 129 Å². The molecule has 0 radical (unpaired) electrons. The van der Waals surface area contributed by atoms with E-state index in [1.165, 1.54) is 58.0 Å². The molecule has 3 aromatic carbocycles. The third-order valence-electron chi connectivity index (χ3n) is 14.9. The van der Waals surface area contributed by atoms with E-state index in [1.54, 1.807) is 0 Å². The molecule has 0 bridgehead atoms. The van der Waals surface area contributed by atoms with Gasteiger partial charge in [-0.15, -0.1) is 0 Å². The van der Waals surface area contributed by atoms with Crippen LogP contribution < -0.4 is 9.84 Å². The van der Waals surface area contributed by atoms with Crippen molar-refractivity contribution in [2.45, 2.75) is 120 Å². The Labute approximate surface area is 467 Å². The molecule has 30 heteroatoms. The summed E-state index contributed by atoms with van der Waals surface area (Å²) in [6, 6.07) is 10.4. The van der Waals surface area contributed by atoms with Crippen LogP contribution in [0.3, 0.4) is 0 Å². The van der Waals surface area contributed by atoms with Gasteiger partial charge in [-0.3, -0.25) is 33.7 Å². The number of benzene rings is 3. The summed E-state index contributed by atoms with van der Waals surface area (Å²) in [5.74, 6) is -11.8. The lowest BCUT2D eigenvalue weighted by molar-refractivity contribution is -0.144. The Morgan fingerprint density at radius 1 is 0.878 bits per heavy atom. The molecular formula is C52H52ClF10N6O10PS2. The highest BCUT2D eigenvalue weighted by molar-refractivity contribution is 7.92. The molecule has 1 unspecified atom stereocenters. The van der Waals surface area contributed by atoms with Gasteiger partial charge in [0.2, 0.25) is 5.91 Å². The quantitative estimate of drug-likeness (QED) is 0.0478. The van der Waals surface area contributed by atoms with Crippen molar-refractivity contribution in [2.75, 3.05) is 12.5 Å². The number of phosphoric acid groups is 1. The number of carbonyl (C=O) groups excluding carboxylic acids is 2. The largest absolute Gasteiger partial charge is 0.524 e. The summed E-state index contributed by atoms with van der Waals surface area (Å²) >= 11 is 6.82. The van der Waals surface area contributed by atoms with Crippen LogP contribution in [0.5, 0.6) is 5.75 Å². The molecule has 0 spiro atoms. The molecule has 1 fully saturated rings. The van der Waals surface area contributed by atoms with Gasteiger partial charge in [-0.2, -0.15) is 45.3 Å². The van der Waals surface area contributed by atoms with Gasteiger partial charge in [-0.25, -0.2) is 30.2 Å². The van der Waals surface area contributed by atoms with Crippen LogP contribution in [0.15, 0.2) is 66.7 Å². The van der Waals surface area contributed by atoms with E-state index in [0.717, 1.165) is 36.6 Å². The number of nitrogens with one attached hydrogen (secondary N) is 1. The molecule has 0 saturated heterocycles. The maximum Gasteiger partial charge on any atom is 0.524 e. The summed E-state index contributed by atoms with van der Waals surface area (Å²) in [6.07, 6.45) is -10.5. The van der Waals surface area contributed by atoms with E-state index < -0.39 is 173 Å². The molecule has 2 aliphatic carbocycles. The number of halogens is 11. The summed E-state index contributed by atoms with van der Waals surface area (Å²) in [6.45, 7) is 2.01. The van der Waals surface area contributed by atoms with E-state index in [2.05, 4.69) is 15.5 Å². The third kappa shape index (κ3) is 12.8. The number of pyridine rings is 1. The van der Waals surface area contributed by atoms with Gasteiger partial charge in [-0.05, 0) is 99.7 Å². The molecule has 3 heterocycles. The van der Waals surface area contributed by atoms with Crippen LogP contribution in [0.2, 0.25) is 5.02 Å². The predicted molar refractivity (Wildman–Crippen MR) is 278 cm³/mol. The molecule has 2 aliphatic rings. The number of hydrogen-bond acceptors (Lipinski definition) is 11. The van der Waals surface area contributed by atoms with Crippen molar-refractivity contribution < 1.29 is 89.2 Å². The van der Waals surface area contributed by atoms with Gasteiger partial charge in [0.15, 0.2) is 36.4 Å². The van der Waals surface area contributed by atoms with Gasteiger partial charge in [0, 0.05) is 57.7 Å². The van der Waals surface area contributed by atoms with Gasteiger partial charge in [0.25, 0.3) is 5.92 Å². The first kappa shape index (κ1) is 62.1. The Kier molecular flexibility index (Phi) is 16.4. The smallest absolute Gasteiger partial charge is 0.404 e. The van der Waals surface area contributed by atoms with E-state index in [4.69, 9.17) is 21.1 Å². The van der Waals surface area contributed by atoms with Crippen molar-refractivity contribution in [3.63, 3.8) is 0 Å². The van der Waals surface area contributed by atoms with Gasteiger partial charge < -0.3 is 9.84 Å². The standard InChI is InChI=1S/C52H52ClF10N6O10PS2/c1-48(2,23-27-9-7-8-10-37(27)79-80(72,73)74)47(71)44(81(5,75)76)42-40-35(53)16-14-32(43(40)69(66-42)25-50(56,57)58)31-12-11-30(17-18-49(3,4)82(6,77)78)64-41(31)36(21-26-19-28(54)22-29(55)20-26)65-38(70)24-68-46-39(45(67-68)52(61,62)63)33-13-15-34(33)51(46,59)60/h7-12,14,16,19-20,22,33-34,36,44H,13,15,17-18,21,23-25H2,1-6H3,(H,65,70)(H2,72,73,74)/t33-,34+,36-,44?/m0/s1. The lowest BCUT2D eigenvalue weighted by Crippen LogP contribution is -2.36. The molecule has 1 amide bonds. The molecule has 8 rings (SSSR count). The van der Waals surface area contributed by atoms with Crippen LogP contribution in [-0.4, -0.2) is 86.3 Å². The van der Waals surface area contributed by atoms with E-state index in [1.807, 2.05) is 0 Å². The molecular weight excluding hydrogens is 1190 g/mol. The number of aromatic nitrogens is 5. The van der Waals surface area contributed by atoms with Gasteiger partial charge >= 0.3 is 20.2 Å². The number of phosphoric ester groups is 1. The van der Waals surface area contributed by atoms with Crippen LogP contribution in [0, 0.1) is 23.0 Å². The zero-order valence-electron chi connectivity index (χ0n) is 44.1. The number of Topliss-reactive ketones (excluding diaryl/α,β-unsaturated/α-hetero) is 1. The zero-order valence-corrected chi connectivity index (χ0v) is 47.4. The molecule has 16 nitrogen and oxygen atoms in total. The second kappa shape index (κ2) is 21.6. The molecule has 0 aliphatic heterocycles. The number of amides is 1. The molecule has 82 heavy (non-hydrogen) atoms. The van der Waals surface area contributed by atoms with Crippen molar-refractivity contribution in [3.8, 4) is 16.9 Å². The Hall–Kier alpha value is -5.93. The monoisotopic (exact) mass is 1240 g/mol. The molecule has 6 aromatic rings. The van der Waals surface area contributed by atoms with E-state index in [-0.39, 0.29) is 64.1 Å². The fraction of sp³-hybridized carbons (Fsp3) is 0.442. The summed E-state index contributed by atoms with van der Waals surface area (Å²) in [4.78, 5) is 53.2. The number of ketones is 1.